The van der Waals surface area contributed by atoms with Gasteiger partial charge in [0.15, 0.2) is 5.75 Å². The predicted molar refractivity (Wildman–Crippen MR) is 138 cm³/mol. The predicted octanol–water partition coefficient (Wildman–Crippen LogP) is 5.85. The van der Waals surface area contributed by atoms with E-state index in [2.05, 4.69) is 6.07 Å². The average Bonchev–Trinajstić information content (AvgIpc) is 2.89. The zero-order valence-electron chi connectivity index (χ0n) is 20.1. The molecule has 0 amide bonds. The van der Waals surface area contributed by atoms with Crippen LogP contribution in [0.15, 0.2) is 60.0 Å². The molecule has 0 saturated carbocycles. The van der Waals surface area contributed by atoms with Crippen LogP contribution >= 0.6 is 23.2 Å². The van der Waals surface area contributed by atoms with E-state index in [1.807, 2.05) is 0 Å². The Kier molecular flexibility index (Phi) is 7.67. The number of nitriles is 1. The molecule has 4 rings (SSSR count). The van der Waals surface area contributed by atoms with E-state index in [-0.39, 0.29) is 32.8 Å². The fourth-order valence-electron chi connectivity index (χ4n) is 4.01. The Hall–Kier alpha value is -4.06. The van der Waals surface area contributed by atoms with Gasteiger partial charge < -0.3 is 29.4 Å². The number of benzene rings is 3. The van der Waals surface area contributed by atoms with Crippen LogP contribution in [0.4, 0.5) is 0 Å². The molecule has 0 radical (unpaired) electrons. The SMILES string of the molecule is CCOc1c(Cl)cc(C(=O)Oc2ccc3c(c2)OC(N)=C(C#N)C3c2cc(OC)ccc2OC)cc1Cl. The first-order valence-corrected chi connectivity index (χ1v) is 11.8. The number of hydrogen-bond donors (Lipinski definition) is 1. The van der Waals surface area contributed by atoms with E-state index < -0.39 is 11.9 Å². The smallest absolute Gasteiger partial charge is 0.343 e. The number of methoxy groups -OCH3 is 2. The lowest BCUT2D eigenvalue weighted by atomic mass is 9.83. The molecule has 0 fully saturated rings. The minimum atomic E-state index is -0.685. The lowest BCUT2D eigenvalue weighted by molar-refractivity contribution is 0.0734. The number of nitrogens with zero attached hydrogens (tertiary/aromatic N) is 1. The highest BCUT2D eigenvalue weighted by atomic mass is 35.5. The van der Waals surface area contributed by atoms with Crippen molar-refractivity contribution in [3.05, 3.63) is 86.7 Å². The van der Waals surface area contributed by atoms with Gasteiger partial charge in [-0.1, -0.05) is 29.3 Å². The number of esters is 1. The van der Waals surface area contributed by atoms with Crippen LogP contribution < -0.4 is 29.4 Å². The molecule has 1 atom stereocenters. The first kappa shape index (κ1) is 26.0. The van der Waals surface area contributed by atoms with Gasteiger partial charge in [0.25, 0.3) is 0 Å². The van der Waals surface area contributed by atoms with Gasteiger partial charge in [-0.3, -0.25) is 0 Å². The summed E-state index contributed by atoms with van der Waals surface area (Å²) in [6.07, 6.45) is 0. The van der Waals surface area contributed by atoms with Gasteiger partial charge in [-0.15, -0.1) is 0 Å². The first-order chi connectivity index (χ1) is 17.8. The Balaban J connectivity index is 1.70. The standard InChI is InChI=1S/C27H22Cl2N2O6/c1-4-35-25-20(28)9-14(10-21(25)29)27(32)36-16-5-7-17-23(12-16)37-26(31)19(13-30)24(17)18-11-15(33-2)6-8-22(18)34-3/h5-12,24H,4,31H2,1-3H3. The van der Waals surface area contributed by atoms with Crippen LogP contribution in [-0.4, -0.2) is 26.8 Å². The van der Waals surface area contributed by atoms with Gasteiger partial charge in [-0.25, -0.2) is 4.79 Å². The minimum absolute atomic E-state index is 0.0709. The van der Waals surface area contributed by atoms with E-state index in [1.165, 1.54) is 25.3 Å². The second-order valence-corrected chi connectivity index (χ2v) is 8.64. The summed E-state index contributed by atoms with van der Waals surface area (Å²) in [7, 11) is 3.08. The van der Waals surface area contributed by atoms with Crippen LogP contribution in [0, 0.1) is 11.3 Å². The maximum atomic E-state index is 12.8. The molecule has 8 nitrogen and oxygen atoms in total. The molecule has 3 aromatic carbocycles. The molecule has 0 saturated heterocycles. The van der Waals surface area contributed by atoms with Gasteiger partial charge in [0.05, 0.1) is 42.4 Å². The van der Waals surface area contributed by atoms with Crippen LogP contribution in [0.25, 0.3) is 0 Å². The fourth-order valence-corrected chi connectivity index (χ4v) is 4.61. The molecule has 1 heterocycles. The summed E-state index contributed by atoms with van der Waals surface area (Å²) in [4.78, 5) is 12.8. The maximum absolute atomic E-state index is 12.8. The average molecular weight is 541 g/mol. The maximum Gasteiger partial charge on any atom is 0.343 e. The summed E-state index contributed by atoms with van der Waals surface area (Å²) in [6, 6.07) is 15.1. The summed E-state index contributed by atoms with van der Waals surface area (Å²) in [5.41, 5.74) is 7.76. The topological polar surface area (TPSA) is 113 Å². The van der Waals surface area contributed by atoms with Crippen molar-refractivity contribution in [3.63, 3.8) is 0 Å². The van der Waals surface area contributed by atoms with E-state index in [0.29, 0.717) is 40.7 Å². The monoisotopic (exact) mass is 540 g/mol. The van der Waals surface area contributed by atoms with Gasteiger partial charge in [-0.05, 0) is 43.3 Å². The number of ether oxygens (including phenoxy) is 5. The molecule has 1 unspecified atom stereocenters. The summed E-state index contributed by atoms with van der Waals surface area (Å²) in [5.74, 6) is 0.561. The van der Waals surface area contributed by atoms with E-state index in [0.717, 1.165) is 0 Å². The number of nitrogens with two attached hydrogens (primary N) is 1. The third kappa shape index (κ3) is 5.10. The molecule has 2 N–H and O–H groups in total. The van der Waals surface area contributed by atoms with Crippen LogP contribution in [-0.2, 0) is 0 Å². The summed E-state index contributed by atoms with van der Waals surface area (Å²) in [6.45, 7) is 2.16. The molecule has 1 aliphatic heterocycles. The van der Waals surface area contributed by atoms with Crippen molar-refractivity contribution < 1.29 is 28.5 Å². The van der Waals surface area contributed by atoms with Crippen molar-refractivity contribution in [2.45, 2.75) is 12.8 Å². The largest absolute Gasteiger partial charge is 0.497 e. The molecule has 0 spiro atoms. The number of hydrogen-bond acceptors (Lipinski definition) is 8. The second kappa shape index (κ2) is 10.9. The third-order valence-electron chi connectivity index (χ3n) is 5.67. The van der Waals surface area contributed by atoms with Crippen molar-refractivity contribution in [3.8, 4) is 34.8 Å². The van der Waals surface area contributed by atoms with Crippen molar-refractivity contribution in [2.75, 3.05) is 20.8 Å². The normalized spacial score (nSPS) is 14.2. The molecule has 190 valence electrons. The molecule has 37 heavy (non-hydrogen) atoms. The highest BCUT2D eigenvalue weighted by Gasteiger charge is 2.33. The Bertz CT molecular complexity index is 1420. The molecule has 1 aliphatic rings. The van der Waals surface area contributed by atoms with Gasteiger partial charge in [0, 0.05) is 17.2 Å². The number of rotatable bonds is 7. The lowest BCUT2D eigenvalue weighted by Crippen LogP contribution is -2.21. The van der Waals surface area contributed by atoms with Gasteiger partial charge in [-0.2, -0.15) is 5.26 Å². The number of carbonyl (C=O) groups is 1. The summed E-state index contributed by atoms with van der Waals surface area (Å²) < 4.78 is 27.6. The summed E-state index contributed by atoms with van der Waals surface area (Å²) in [5, 5.41) is 10.2. The highest BCUT2D eigenvalue weighted by molar-refractivity contribution is 6.37. The zero-order valence-corrected chi connectivity index (χ0v) is 21.6. The van der Waals surface area contributed by atoms with Crippen LogP contribution in [0.1, 0.15) is 34.3 Å². The molecule has 0 bridgehead atoms. The van der Waals surface area contributed by atoms with Crippen molar-refractivity contribution in [2.24, 2.45) is 5.73 Å². The van der Waals surface area contributed by atoms with Crippen LogP contribution in [0.3, 0.4) is 0 Å². The highest BCUT2D eigenvalue weighted by Crippen LogP contribution is 2.47. The van der Waals surface area contributed by atoms with Crippen LogP contribution in [0.2, 0.25) is 10.0 Å². The second-order valence-electron chi connectivity index (χ2n) is 7.82. The van der Waals surface area contributed by atoms with Crippen molar-refractivity contribution >= 4 is 29.2 Å². The third-order valence-corrected chi connectivity index (χ3v) is 6.23. The Morgan fingerprint density at radius 3 is 2.35 bits per heavy atom. The number of allylic oxidation sites excluding steroid dienone is 1. The molecule has 0 aliphatic carbocycles. The van der Waals surface area contributed by atoms with Gasteiger partial charge in [0.1, 0.15) is 34.6 Å². The first-order valence-electron chi connectivity index (χ1n) is 11.1. The molecular formula is C27H22Cl2N2O6. The number of carbonyl (C=O) groups excluding carboxylic acids is 1. The Morgan fingerprint density at radius 2 is 1.73 bits per heavy atom. The van der Waals surface area contributed by atoms with Gasteiger partial charge >= 0.3 is 5.97 Å². The fraction of sp³-hybridized carbons (Fsp3) is 0.185. The molecule has 3 aromatic rings. The van der Waals surface area contributed by atoms with E-state index >= 15 is 0 Å². The quantitative estimate of drug-likeness (QED) is 0.293. The van der Waals surface area contributed by atoms with E-state index in [1.54, 1.807) is 44.4 Å². The number of fused-ring (bicyclic) bond motifs is 1. The Morgan fingerprint density at radius 1 is 1.03 bits per heavy atom. The van der Waals surface area contributed by atoms with Crippen LogP contribution in [0.5, 0.6) is 28.7 Å². The van der Waals surface area contributed by atoms with Gasteiger partial charge in [0.2, 0.25) is 5.88 Å². The zero-order chi connectivity index (χ0) is 26.7. The number of halogens is 2. The van der Waals surface area contributed by atoms with E-state index in [9.17, 15) is 10.1 Å². The minimum Gasteiger partial charge on any atom is -0.497 e. The summed E-state index contributed by atoms with van der Waals surface area (Å²) >= 11 is 12.4. The molecule has 0 aromatic heterocycles. The van der Waals surface area contributed by atoms with Crippen molar-refractivity contribution in [1.29, 1.82) is 5.26 Å². The molecular weight excluding hydrogens is 519 g/mol. The Labute approximate surface area is 223 Å². The van der Waals surface area contributed by atoms with Crippen molar-refractivity contribution in [1.82, 2.24) is 0 Å². The molecule has 10 heteroatoms. The van der Waals surface area contributed by atoms with E-state index in [4.69, 9.17) is 52.6 Å². The lowest BCUT2D eigenvalue weighted by Gasteiger charge is -2.28.